The summed E-state index contributed by atoms with van der Waals surface area (Å²) in [4.78, 5) is 17.9. The minimum atomic E-state index is -0.455. The minimum absolute atomic E-state index is 0.0286. The number of nitrogens with two attached hydrogens (primary N) is 1. The van der Waals surface area contributed by atoms with Gasteiger partial charge < -0.3 is 20.5 Å². The minimum Gasteiger partial charge on any atom is -0.462 e. The summed E-state index contributed by atoms with van der Waals surface area (Å²) in [5.74, 6) is 0.164. The number of nitrogen functional groups attached to an aromatic ring is 1. The molecule has 0 bridgehead atoms. The summed E-state index contributed by atoms with van der Waals surface area (Å²) in [6.07, 6.45) is 2.36. The highest BCUT2D eigenvalue weighted by atomic mass is 16.5. The summed E-state index contributed by atoms with van der Waals surface area (Å²) < 4.78 is 4.95. The van der Waals surface area contributed by atoms with Crippen LogP contribution in [0.3, 0.4) is 0 Å². The molecule has 1 aromatic rings. The number of hydrogen-bond donors (Lipinski definition) is 2. The highest BCUT2D eigenvalue weighted by Gasteiger charge is 2.15. The van der Waals surface area contributed by atoms with Crippen LogP contribution in [0.2, 0.25) is 0 Å². The summed E-state index contributed by atoms with van der Waals surface area (Å²) in [6.45, 7) is 5.32. The number of ether oxygens (including phenoxy) is 1. The van der Waals surface area contributed by atoms with Crippen LogP contribution in [0.25, 0.3) is 0 Å². The van der Waals surface area contributed by atoms with Gasteiger partial charge in [0.05, 0.1) is 30.7 Å². The van der Waals surface area contributed by atoms with E-state index in [0.717, 1.165) is 13.0 Å². The van der Waals surface area contributed by atoms with Crippen molar-refractivity contribution >= 4 is 17.5 Å². The SMILES string of the molecule is CCCN(CCO)c1cc(C(=O)OCC)c(N)cn1. The number of aromatic nitrogens is 1. The fraction of sp³-hybridized carbons (Fsp3) is 0.538. The van der Waals surface area contributed by atoms with Crippen molar-refractivity contribution in [2.45, 2.75) is 20.3 Å². The predicted molar refractivity (Wildman–Crippen MR) is 74.2 cm³/mol. The molecule has 19 heavy (non-hydrogen) atoms. The molecule has 1 rings (SSSR count). The zero-order valence-electron chi connectivity index (χ0n) is 11.4. The normalized spacial score (nSPS) is 10.3. The van der Waals surface area contributed by atoms with Crippen molar-refractivity contribution in [1.82, 2.24) is 4.98 Å². The van der Waals surface area contributed by atoms with E-state index in [-0.39, 0.29) is 6.61 Å². The van der Waals surface area contributed by atoms with Gasteiger partial charge in [0.15, 0.2) is 0 Å². The fourth-order valence-corrected chi connectivity index (χ4v) is 1.75. The fourth-order valence-electron chi connectivity index (χ4n) is 1.75. The van der Waals surface area contributed by atoms with Crippen LogP contribution < -0.4 is 10.6 Å². The Hall–Kier alpha value is -1.82. The molecule has 0 amide bonds. The molecule has 3 N–H and O–H groups in total. The van der Waals surface area contributed by atoms with Crippen molar-refractivity contribution in [1.29, 1.82) is 0 Å². The molecule has 1 heterocycles. The third kappa shape index (κ3) is 4.10. The van der Waals surface area contributed by atoms with Crippen molar-refractivity contribution in [3.05, 3.63) is 17.8 Å². The van der Waals surface area contributed by atoms with E-state index in [2.05, 4.69) is 4.98 Å². The second kappa shape index (κ2) is 7.58. The average Bonchev–Trinajstić information content (AvgIpc) is 2.39. The van der Waals surface area contributed by atoms with Gasteiger partial charge >= 0.3 is 5.97 Å². The first-order valence-corrected chi connectivity index (χ1v) is 6.42. The van der Waals surface area contributed by atoms with Crippen LogP contribution in [0, 0.1) is 0 Å². The van der Waals surface area contributed by atoms with Gasteiger partial charge in [0.1, 0.15) is 5.82 Å². The van der Waals surface area contributed by atoms with Gasteiger partial charge in [-0.05, 0) is 19.4 Å². The number of nitrogens with zero attached hydrogens (tertiary/aromatic N) is 2. The first-order chi connectivity index (χ1) is 9.13. The monoisotopic (exact) mass is 267 g/mol. The number of carbonyl (C=O) groups excluding carboxylic acids is 1. The quantitative estimate of drug-likeness (QED) is 0.718. The maximum Gasteiger partial charge on any atom is 0.340 e. The molecule has 106 valence electrons. The molecule has 0 spiro atoms. The third-order valence-electron chi connectivity index (χ3n) is 2.60. The molecule has 0 aliphatic rings. The number of hydrogen-bond acceptors (Lipinski definition) is 6. The lowest BCUT2D eigenvalue weighted by atomic mass is 10.2. The molecule has 1 aromatic heterocycles. The Morgan fingerprint density at radius 3 is 2.79 bits per heavy atom. The van der Waals surface area contributed by atoms with Crippen LogP contribution in [-0.2, 0) is 4.74 Å². The van der Waals surface area contributed by atoms with Crippen molar-refractivity contribution in [2.24, 2.45) is 0 Å². The highest BCUT2D eigenvalue weighted by molar-refractivity contribution is 5.95. The van der Waals surface area contributed by atoms with Gasteiger partial charge in [-0.2, -0.15) is 0 Å². The zero-order chi connectivity index (χ0) is 14.3. The van der Waals surface area contributed by atoms with Crippen molar-refractivity contribution in [3.8, 4) is 0 Å². The van der Waals surface area contributed by atoms with Crippen molar-refractivity contribution in [3.63, 3.8) is 0 Å². The summed E-state index contributed by atoms with van der Waals surface area (Å²) in [5.41, 5.74) is 6.34. The lowest BCUT2D eigenvalue weighted by Gasteiger charge is -2.22. The third-order valence-corrected chi connectivity index (χ3v) is 2.60. The van der Waals surface area contributed by atoms with Gasteiger partial charge in [-0.1, -0.05) is 6.92 Å². The maximum absolute atomic E-state index is 11.8. The second-order valence-electron chi connectivity index (χ2n) is 4.06. The molecule has 0 unspecified atom stereocenters. The predicted octanol–water partition coefficient (Wildman–Crippen LogP) is 1.05. The summed E-state index contributed by atoms with van der Waals surface area (Å²) in [7, 11) is 0. The van der Waals surface area contributed by atoms with Gasteiger partial charge in [0.25, 0.3) is 0 Å². The van der Waals surface area contributed by atoms with E-state index in [1.807, 2.05) is 11.8 Å². The van der Waals surface area contributed by atoms with E-state index in [1.165, 1.54) is 6.20 Å². The smallest absolute Gasteiger partial charge is 0.340 e. The molecule has 0 fully saturated rings. The van der Waals surface area contributed by atoms with Crippen LogP contribution in [0.5, 0.6) is 0 Å². The molecular formula is C13H21N3O3. The molecular weight excluding hydrogens is 246 g/mol. The first-order valence-electron chi connectivity index (χ1n) is 6.42. The van der Waals surface area contributed by atoms with E-state index >= 15 is 0 Å². The standard InChI is InChI=1S/C13H21N3O3/c1-3-5-16(6-7-17)12-8-10(11(14)9-15-12)13(18)19-4-2/h8-9,17H,3-7,14H2,1-2H3. The number of rotatable bonds is 7. The molecule has 6 heteroatoms. The van der Waals surface area contributed by atoms with Crippen molar-refractivity contribution < 1.29 is 14.6 Å². The van der Waals surface area contributed by atoms with Gasteiger partial charge in [-0.15, -0.1) is 0 Å². The lowest BCUT2D eigenvalue weighted by Crippen LogP contribution is -2.28. The van der Waals surface area contributed by atoms with Crippen LogP contribution in [0.1, 0.15) is 30.6 Å². The number of pyridine rings is 1. The molecule has 0 aromatic carbocycles. The average molecular weight is 267 g/mol. The summed E-state index contributed by atoms with van der Waals surface area (Å²) >= 11 is 0. The second-order valence-corrected chi connectivity index (χ2v) is 4.06. The lowest BCUT2D eigenvalue weighted by molar-refractivity contribution is 0.0527. The molecule has 0 radical (unpaired) electrons. The van der Waals surface area contributed by atoms with Crippen LogP contribution >= 0.6 is 0 Å². The van der Waals surface area contributed by atoms with E-state index in [1.54, 1.807) is 13.0 Å². The zero-order valence-corrected chi connectivity index (χ0v) is 11.4. The van der Waals surface area contributed by atoms with Gasteiger partial charge in [-0.25, -0.2) is 9.78 Å². The molecule has 0 aliphatic heterocycles. The van der Waals surface area contributed by atoms with Gasteiger partial charge in [0, 0.05) is 13.1 Å². The highest BCUT2D eigenvalue weighted by Crippen LogP contribution is 2.19. The largest absolute Gasteiger partial charge is 0.462 e. The van der Waals surface area contributed by atoms with Gasteiger partial charge in [-0.3, -0.25) is 0 Å². The van der Waals surface area contributed by atoms with E-state index in [9.17, 15) is 4.79 Å². The van der Waals surface area contributed by atoms with Crippen molar-refractivity contribution in [2.75, 3.05) is 36.9 Å². The Morgan fingerprint density at radius 2 is 2.21 bits per heavy atom. The molecule has 6 nitrogen and oxygen atoms in total. The Labute approximate surface area is 113 Å². The number of aliphatic hydroxyl groups excluding tert-OH is 1. The van der Waals surface area contributed by atoms with Gasteiger partial charge in [0.2, 0.25) is 0 Å². The Balaban J connectivity index is 3.01. The number of aliphatic hydroxyl groups is 1. The Kier molecular flexibility index (Phi) is 6.08. The number of carbonyl (C=O) groups is 1. The van der Waals surface area contributed by atoms with Crippen LogP contribution in [0.15, 0.2) is 12.3 Å². The Morgan fingerprint density at radius 1 is 1.47 bits per heavy atom. The molecule has 0 atom stereocenters. The Bertz CT molecular complexity index is 418. The summed E-state index contributed by atoms with van der Waals surface area (Å²) in [6, 6.07) is 1.61. The number of anilines is 2. The van der Waals surface area contributed by atoms with Crippen LogP contribution in [-0.4, -0.2) is 42.4 Å². The van der Waals surface area contributed by atoms with E-state index in [4.69, 9.17) is 15.6 Å². The molecule has 0 aliphatic carbocycles. The topological polar surface area (TPSA) is 88.7 Å². The molecule has 0 saturated heterocycles. The number of esters is 1. The molecule has 0 saturated carbocycles. The van der Waals surface area contributed by atoms with Crippen LogP contribution in [0.4, 0.5) is 11.5 Å². The van der Waals surface area contributed by atoms with E-state index in [0.29, 0.717) is 30.2 Å². The summed E-state index contributed by atoms with van der Waals surface area (Å²) in [5, 5.41) is 9.06. The first kappa shape index (κ1) is 15.2. The van der Waals surface area contributed by atoms with E-state index < -0.39 is 5.97 Å². The maximum atomic E-state index is 11.8.